The zero-order valence-corrected chi connectivity index (χ0v) is 13.0. The van der Waals surface area contributed by atoms with E-state index in [1.54, 1.807) is 4.68 Å². The summed E-state index contributed by atoms with van der Waals surface area (Å²) in [5, 5.41) is 16.9. The number of rotatable bonds is 6. The van der Waals surface area contributed by atoms with Crippen molar-refractivity contribution in [3.63, 3.8) is 0 Å². The van der Waals surface area contributed by atoms with Crippen LogP contribution in [0.3, 0.4) is 0 Å². The maximum Gasteiger partial charge on any atom is 0.209 e. The molecule has 0 amide bonds. The lowest BCUT2D eigenvalue weighted by molar-refractivity contribution is 0.289. The fourth-order valence-corrected chi connectivity index (χ4v) is 4.27. The van der Waals surface area contributed by atoms with Crippen molar-refractivity contribution in [2.24, 2.45) is 13.0 Å². The smallest absolute Gasteiger partial charge is 0.209 e. The second kappa shape index (κ2) is 7.24. The molecule has 0 radical (unpaired) electrons. The van der Waals surface area contributed by atoms with Gasteiger partial charge in [-0.2, -0.15) is 0 Å². The summed E-state index contributed by atoms with van der Waals surface area (Å²) < 4.78 is 1.77. The highest BCUT2D eigenvalue weighted by atomic mass is 32.2. The first-order chi connectivity index (χ1) is 9.24. The molecule has 1 heterocycles. The van der Waals surface area contributed by atoms with Crippen LogP contribution in [-0.2, 0) is 7.05 Å². The van der Waals surface area contributed by atoms with E-state index >= 15 is 0 Å². The van der Waals surface area contributed by atoms with E-state index in [9.17, 15) is 0 Å². The zero-order valence-electron chi connectivity index (χ0n) is 12.2. The van der Waals surface area contributed by atoms with E-state index in [2.05, 4.69) is 34.7 Å². The van der Waals surface area contributed by atoms with Crippen molar-refractivity contribution < 1.29 is 0 Å². The van der Waals surface area contributed by atoms with Crippen molar-refractivity contribution in [1.82, 2.24) is 25.5 Å². The van der Waals surface area contributed by atoms with Gasteiger partial charge < -0.3 is 5.32 Å². The highest BCUT2D eigenvalue weighted by Gasteiger charge is 2.31. The van der Waals surface area contributed by atoms with Gasteiger partial charge in [-0.25, -0.2) is 4.68 Å². The Morgan fingerprint density at radius 1 is 1.37 bits per heavy atom. The second-order valence-corrected chi connectivity index (χ2v) is 6.58. The molecule has 2 rings (SSSR count). The largest absolute Gasteiger partial charge is 0.313 e. The predicted octanol–water partition coefficient (Wildman–Crippen LogP) is 2.25. The Hall–Kier alpha value is -0.620. The number of thioether (sulfide) groups is 1. The molecule has 0 bridgehead atoms. The van der Waals surface area contributed by atoms with Gasteiger partial charge in [0.1, 0.15) is 0 Å². The summed E-state index contributed by atoms with van der Waals surface area (Å²) in [5.74, 6) is 0.874. The van der Waals surface area contributed by atoms with Crippen molar-refractivity contribution in [3.8, 4) is 0 Å². The van der Waals surface area contributed by atoms with Crippen LogP contribution >= 0.6 is 11.8 Å². The van der Waals surface area contributed by atoms with Crippen LogP contribution in [0.25, 0.3) is 0 Å². The Kier molecular flexibility index (Phi) is 5.63. The Labute approximate surface area is 119 Å². The summed E-state index contributed by atoms with van der Waals surface area (Å²) >= 11 is 1.84. The van der Waals surface area contributed by atoms with E-state index in [0.29, 0.717) is 11.3 Å². The van der Waals surface area contributed by atoms with Crippen LogP contribution in [-0.4, -0.2) is 38.0 Å². The summed E-state index contributed by atoms with van der Waals surface area (Å²) in [7, 11) is 1.91. The Bertz CT molecular complexity index is 381. The first kappa shape index (κ1) is 14.8. The highest BCUT2D eigenvalue weighted by Crippen LogP contribution is 2.37. The fourth-order valence-electron chi connectivity index (χ4n) is 2.96. The second-order valence-electron chi connectivity index (χ2n) is 5.37. The minimum Gasteiger partial charge on any atom is -0.313 e. The van der Waals surface area contributed by atoms with Gasteiger partial charge in [-0.3, -0.25) is 0 Å². The van der Waals surface area contributed by atoms with Crippen molar-refractivity contribution in [3.05, 3.63) is 0 Å². The van der Waals surface area contributed by atoms with Crippen molar-refractivity contribution in [1.29, 1.82) is 0 Å². The third kappa shape index (κ3) is 3.92. The fraction of sp³-hybridized carbons (Fsp3) is 0.923. The summed E-state index contributed by atoms with van der Waals surface area (Å²) in [6, 6.07) is 0.597. The van der Waals surface area contributed by atoms with Gasteiger partial charge in [-0.15, -0.1) is 5.10 Å². The Morgan fingerprint density at radius 2 is 2.21 bits per heavy atom. The third-order valence-electron chi connectivity index (χ3n) is 3.90. The van der Waals surface area contributed by atoms with Gasteiger partial charge in [0, 0.05) is 18.3 Å². The topological polar surface area (TPSA) is 55.6 Å². The Balaban J connectivity index is 2.00. The molecule has 0 spiro atoms. The summed E-state index contributed by atoms with van der Waals surface area (Å²) in [4.78, 5) is 0. The molecule has 5 nitrogen and oxygen atoms in total. The van der Waals surface area contributed by atoms with Crippen LogP contribution in [0.5, 0.6) is 0 Å². The third-order valence-corrected chi connectivity index (χ3v) is 5.28. The zero-order chi connectivity index (χ0) is 13.7. The molecule has 19 heavy (non-hydrogen) atoms. The summed E-state index contributed by atoms with van der Waals surface area (Å²) in [6.45, 7) is 5.51. The molecule has 1 aliphatic carbocycles. The van der Waals surface area contributed by atoms with Gasteiger partial charge in [-0.1, -0.05) is 38.5 Å². The van der Waals surface area contributed by atoms with Crippen LogP contribution in [0.4, 0.5) is 0 Å². The molecule has 108 valence electrons. The van der Waals surface area contributed by atoms with Gasteiger partial charge >= 0.3 is 0 Å². The molecule has 3 atom stereocenters. The molecule has 1 fully saturated rings. The van der Waals surface area contributed by atoms with Gasteiger partial charge in [0.05, 0.1) is 0 Å². The van der Waals surface area contributed by atoms with E-state index in [0.717, 1.165) is 17.6 Å². The van der Waals surface area contributed by atoms with E-state index in [-0.39, 0.29) is 0 Å². The molecule has 0 saturated heterocycles. The van der Waals surface area contributed by atoms with Crippen LogP contribution in [0.2, 0.25) is 0 Å². The van der Waals surface area contributed by atoms with E-state index in [4.69, 9.17) is 0 Å². The lowest BCUT2D eigenvalue weighted by Gasteiger charge is -2.35. The van der Waals surface area contributed by atoms with E-state index in [1.165, 1.54) is 32.1 Å². The summed E-state index contributed by atoms with van der Waals surface area (Å²) in [6.07, 6.45) is 6.57. The summed E-state index contributed by atoms with van der Waals surface area (Å²) in [5.41, 5.74) is 0. The van der Waals surface area contributed by atoms with Crippen molar-refractivity contribution in [2.45, 2.75) is 62.4 Å². The molecular formula is C13H25N5S. The number of nitrogens with zero attached hydrogens (tertiary/aromatic N) is 4. The van der Waals surface area contributed by atoms with E-state index < -0.39 is 0 Å². The van der Waals surface area contributed by atoms with Crippen LogP contribution in [0.15, 0.2) is 5.16 Å². The molecule has 1 aromatic heterocycles. The van der Waals surface area contributed by atoms with E-state index in [1.807, 2.05) is 18.8 Å². The quantitative estimate of drug-likeness (QED) is 0.868. The molecule has 3 unspecified atom stereocenters. The number of tetrazole rings is 1. The average Bonchev–Trinajstić information content (AvgIpc) is 2.79. The van der Waals surface area contributed by atoms with Crippen molar-refractivity contribution >= 4 is 11.8 Å². The van der Waals surface area contributed by atoms with Crippen LogP contribution in [0, 0.1) is 5.92 Å². The van der Waals surface area contributed by atoms with Crippen LogP contribution in [0.1, 0.15) is 46.0 Å². The van der Waals surface area contributed by atoms with Gasteiger partial charge in [-0.05, 0) is 42.2 Å². The lowest BCUT2D eigenvalue weighted by atomic mass is 9.83. The first-order valence-electron chi connectivity index (χ1n) is 7.37. The molecule has 6 heteroatoms. The predicted molar refractivity (Wildman–Crippen MR) is 78.2 cm³/mol. The minimum atomic E-state index is 0.593. The van der Waals surface area contributed by atoms with Gasteiger partial charge in [0.25, 0.3) is 0 Å². The molecule has 0 aromatic carbocycles. The molecule has 0 aliphatic heterocycles. The van der Waals surface area contributed by atoms with Gasteiger partial charge in [0.15, 0.2) is 0 Å². The molecule has 1 aromatic rings. The number of hydrogen-bond donors (Lipinski definition) is 1. The Morgan fingerprint density at radius 3 is 2.84 bits per heavy atom. The van der Waals surface area contributed by atoms with Crippen LogP contribution < -0.4 is 5.32 Å². The number of aromatic nitrogens is 4. The lowest BCUT2D eigenvalue weighted by Crippen LogP contribution is -2.42. The normalized spacial score (nSPS) is 27.6. The maximum atomic E-state index is 4.11. The number of hydrogen-bond acceptors (Lipinski definition) is 5. The average molecular weight is 283 g/mol. The van der Waals surface area contributed by atoms with Crippen molar-refractivity contribution in [2.75, 3.05) is 6.54 Å². The monoisotopic (exact) mass is 283 g/mol. The first-order valence-corrected chi connectivity index (χ1v) is 8.24. The molecule has 1 aliphatic rings. The molecule has 1 saturated carbocycles. The minimum absolute atomic E-state index is 0.593. The maximum absolute atomic E-state index is 4.11. The molecular weight excluding hydrogens is 258 g/mol. The van der Waals surface area contributed by atoms with Gasteiger partial charge in [0.2, 0.25) is 5.16 Å². The SMILES string of the molecule is CCCC1CCC(NCC)C(Sc2nnnn2C)C1. The number of nitrogens with one attached hydrogen (secondary N) is 1. The standard InChI is InChI=1S/C13H25N5S/c1-4-6-10-7-8-11(14-5-2)12(9-10)19-13-15-16-17-18(13)3/h10-12,14H,4-9H2,1-3H3. The number of aryl methyl sites for hydroxylation is 1. The molecule has 1 N–H and O–H groups in total. The highest BCUT2D eigenvalue weighted by molar-refractivity contribution is 7.99.